The minimum atomic E-state index is -4.34. The van der Waals surface area contributed by atoms with Crippen LogP contribution in [0.15, 0.2) is 30.3 Å². The summed E-state index contributed by atoms with van der Waals surface area (Å²) < 4.78 is 37.8. The molecule has 1 aromatic carbocycles. The maximum absolute atomic E-state index is 12.6. The standard InChI is InChI=1S/C20H25F3N2O/c21-20(22,23)17-9-6-16(7-10-17)8-11-19(26)25-14-4-5-18(25)15-24-12-2-1-3-13-24/h6-11,18H,1-5,12-15H2/t18-/m1/s1. The molecule has 2 aliphatic rings. The maximum atomic E-state index is 12.6. The minimum Gasteiger partial charge on any atom is -0.335 e. The third-order valence-corrected chi connectivity index (χ3v) is 5.23. The average molecular weight is 366 g/mol. The predicted molar refractivity (Wildman–Crippen MR) is 95.5 cm³/mol. The van der Waals surface area contributed by atoms with Crippen molar-refractivity contribution in [3.8, 4) is 0 Å². The molecule has 1 atom stereocenters. The lowest BCUT2D eigenvalue weighted by molar-refractivity contribution is -0.137. The van der Waals surface area contributed by atoms with Gasteiger partial charge in [-0.1, -0.05) is 18.6 Å². The Balaban J connectivity index is 1.58. The minimum absolute atomic E-state index is 0.0515. The number of carbonyl (C=O) groups is 1. The number of amides is 1. The molecule has 0 radical (unpaired) electrons. The molecule has 26 heavy (non-hydrogen) atoms. The number of nitrogens with zero attached hydrogens (tertiary/aromatic N) is 2. The van der Waals surface area contributed by atoms with Crippen LogP contribution >= 0.6 is 0 Å². The van der Waals surface area contributed by atoms with E-state index >= 15 is 0 Å². The van der Waals surface area contributed by atoms with Crippen LogP contribution in [0.2, 0.25) is 0 Å². The number of rotatable bonds is 4. The highest BCUT2D eigenvalue weighted by atomic mass is 19.4. The molecule has 1 aromatic rings. The van der Waals surface area contributed by atoms with E-state index in [1.165, 1.54) is 37.5 Å². The van der Waals surface area contributed by atoms with Crippen LogP contribution in [0.5, 0.6) is 0 Å². The smallest absolute Gasteiger partial charge is 0.335 e. The average Bonchev–Trinajstić information content (AvgIpc) is 3.08. The SMILES string of the molecule is O=C(C=Cc1ccc(C(F)(F)F)cc1)N1CCC[C@@H]1CN1CCCCC1. The maximum Gasteiger partial charge on any atom is 0.416 e. The first-order chi connectivity index (χ1) is 12.4. The monoisotopic (exact) mass is 366 g/mol. The molecule has 142 valence electrons. The molecular formula is C20H25F3N2O. The van der Waals surface area contributed by atoms with Crippen LogP contribution in [-0.2, 0) is 11.0 Å². The van der Waals surface area contributed by atoms with E-state index in [2.05, 4.69) is 4.90 Å². The van der Waals surface area contributed by atoms with Gasteiger partial charge < -0.3 is 9.80 Å². The number of benzene rings is 1. The Morgan fingerprint density at radius 1 is 1.04 bits per heavy atom. The summed E-state index contributed by atoms with van der Waals surface area (Å²) in [6.07, 6.45) is 4.53. The van der Waals surface area contributed by atoms with E-state index in [4.69, 9.17) is 0 Å². The molecule has 1 amide bonds. The number of likely N-dealkylation sites (tertiary alicyclic amines) is 2. The Labute approximate surface area is 152 Å². The van der Waals surface area contributed by atoms with E-state index < -0.39 is 11.7 Å². The fourth-order valence-corrected chi connectivity index (χ4v) is 3.80. The third-order valence-electron chi connectivity index (χ3n) is 5.23. The van der Waals surface area contributed by atoms with Crippen LogP contribution in [0.25, 0.3) is 6.08 Å². The van der Waals surface area contributed by atoms with Gasteiger partial charge in [-0.2, -0.15) is 13.2 Å². The summed E-state index contributed by atoms with van der Waals surface area (Å²) in [5.74, 6) is -0.0515. The molecule has 0 bridgehead atoms. The van der Waals surface area contributed by atoms with Gasteiger partial charge in [-0.15, -0.1) is 0 Å². The van der Waals surface area contributed by atoms with Crippen molar-refractivity contribution in [3.05, 3.63) is 41.5 Å². The van der Waals surface area contributed by atoms with Crippen LogP contribution in [-0.4, -0.2) is 47.9 Å². The summed E-state index contributed by atoms with van der Waals surface area (Å²) in [5.41, 5.74) is -0.0831. The zero-order valence-electron chi connectivity index (χ0n) is 14.8. The highest BCUT2D eigenvalue weighted by Gasteiger charge is 2.30. The lowest BCUT2D eigenvalue weighted by Crippen LogP contribution is -2.44. The zero-order valence-corrected chi connectivity index (χ0v) is 14.8. The van der Waals surface area contributed by atoms with Gasteiger partial charge in [-0.3, -0.25) is 4.79 Å². The zero-order chi connectivity index (χ0) is 18.6. The third kappa shape index (κ3) is 4.87. The van der Waals surface area contributed by atoms with E-state index in [0.717, 1.165) is 51.2 Å². The first-order valence-electron chi connectivity index (χ1n) is 9.32. The highest BCUT2D eigenvalue weighted by molar-refractivity contribution is 5.92. The van der Waals surface area contributed by atoms with E-state index in [9.17, 15) is 18.0 Å². The molecule has 2 fully saturated rings. The lowest BCUT2D eigenvalue weighted by atomic mass is 10.1. The molecule has 0 N–H and O–H groups in total. The molecular weight excluding hydrogens is 341 g/mol. The summed E-state index contributed by atoms with van der Waals surface area (Å²) in [4.78, 5) is 16.9. The number of hydrogen-bond acceptors (Lipinski definition) is 2. The van der Waals surface area contributed by atoms with E-state index in [0.29, 0.717) is 5.56 Å². The predicted octanol–water partition coefficient (Wildman–Crippen LogP) is 4.20. The molecule has 0 spiro atoms. The molecule has 3 rings (SSSR count). The number of halogens is 3. The molecule has 0 aromatic heterocycles. The molecule has 6 heteroatoms. The molecule has 2 aliphatic heterocycles. The van der Waals surface area contributed by atoms with Crippen molar-refractivity contribution < 1.29 is 18.0 Å². The van der Waals surface area contributed by atoms with Gasteiger partial charge in [0.1, 0.15) is 0 Å². The number of hydrogen-bond donors (Lipinski definition) is 0. The Morgan fingerprint density at radius 2 is 1.73 bits per heavy atom. The summed E-state index contributed by atoms with van der Waals surface area (Å²) >= 11 is 0. The van der Waals surface area contributed by atoms with E-state index in [1.54, 1.807) is 6.08 Å². The van der Waals surface area contributed by atoms with Crippen LogP contribution in [0.1, 0.15) is 43.2 Å². The Hall–Kier alpha value is -1.82. The molecule has 0 aliphatic carbocycles. The highest BCUT2D eigenvalue weighted by Crippen LogP contribution is 2.29. The molecule has 2 saturated heterocycles. The van der Waals surface area contributed by atoms with E-state index in [-0.39, 0.29) is 11.9 Å². The van der Waals surface area contributed by atoms with Crippen molar-refractivity contribution in [2.75, 3.05) is 26.2 Å². The first-order valence-corrected chi connectivity index (χ1v) is 9.32. The number of piperidine rings is 1. The normalized spacial score (nSPS) is 22.3. The van der Waals surface area contributed by atoms with Gasteiger partial charge in [0.05, 0.1) is 5.56 Å². The molecule has 3 nitrogen and oxygen atoms in total. The quantitative estimate of drug-likeness (QED) is 0.746. The van der Waals surface area contributed by atoms with Gasteiger partial charge in [-0.05, 0) is 62.5 Å². The summed E-state index contributed by atoms with van der Waals surface area (Å²) in [6.45, 7) is 3.91. The van der Waals surface area contributed by atoms with Crippen molar-refractivity contribution in [3.63, 3.8) is 0 Å². The van der Waals surface area contributed by atoms with Crippen LogP contribution < -0.4 is 0 Å². The van der Waals surface area contributed by atoms with Gasteiger partial charge in [0.25, 0.3) is 0 Å². The summed E-state index contributed by atoms with van der Waals surface area (Å²) in [5, 5.41) is 0. The van der Waals surface area contributed by atoms with Crippen LogP contribution in [0, 0.1) is 0 Å². The fraction of sp³-hybridized carbons (Fsp3) is 0.550. The Morgan fingerprint density at radius 3 is 2.38 bits per heavy atom. The number of carbonyl (C=O) groups excluding carboxylic acids is 1. The lowest BCUT2D eigenvalue weighted by Gasteiger charge is -2.32. The van der Waals surface area contributed by atoms with Crippen molar-refractivity contribution in [1.82, 2.24) is 9.80 Å². The van der Waals surface area contributed by atoms with Crippen molar-refractivity contribution in [1.29, 1.82) is 0 Å². The second-order valence-corrected chi connectivity index (χ2v) is 7.14. The topological polar surface area (TPSA) is 23.6 Å². The molecule has 0 unspecified atom stereocenters. The van der Waals surface area contributed by atoms with Gasteiger partial charge in [0, 0.05) is 25.2 Å². The van der Waals surface area contributed by atoms with Gasteiger partial charge in [0.15, 0.2) is 0 Å². The molecule has 0 saturated carbocycles. The molecule has 2 heterocycles. The van der Waals surface area contributed by atoms with Gasteiger partial charge in [-0.25, -0.2) is 0 Å². The van der Waals surface area contributed by atoms with Crippen LogP contribution in [0.4, 0.5) is 13.2 Å². The van der Waals surface area contributed by atoms with Crippen LogP contribution in [0.3, 0.4) is 0 Å². The second kappa shape index (κ2) is 8.25. The summed E-state index contributed by atoms with van der Waals surface area (Å²) in [7, 11) is 0. The largest absolute Gasteiger partial charge is 0.416 e. The van der Waals surface area contributed by atoms with Crippen molar-refractivity contribution in [2.45, 2.75) is 44.3 Å². The van der Waals surface area contributed by atoms with Crippen molar-refractivity contribution >= 4 is 12.0 Å². The van der Waals surface area contributed by atoms with Crippen molar-refractivity contribution in [2.24, 2.45) is 0 Å². The van der Waals surface area contributed by atoms with Gasteiger partial charge in [0.2, 0.25) is 5.91 Å². The Bertz CT molecular complexity index is 633. The Kier molecular flexibility index (Phi) is 6.01. The summed E-state index contributed by atoms with van der Waals surface area (Å²) in [6, 6.07) is 5.11. The number of alkyl halides is 3. The fourth-order valence-electron chi connectivity index (χ4n) is 3.80. The second-order valence-electron chi connectivity index (χ2n) is 7.14. The van der Waals surface area contributed by atoms with Gasteiger partial charge >= 0.3 is 6.18 Å². The van der Waals surface area contributed by atoms with E-state index in [1.807, 2.05) is 4.90 Å². The first kappa shape index (κ1) is 19.0.